The summed E-state index contributed by atoms with van der Waals surface area (Å²) in [5.41, 5.74) is 2.01. The Kier molecular flexibility index (Phi) is 9.07. The van der Waals surface area contributed by atoms with Gasteiger partial charge in [-0.25, -0.2) is 14.0 Å². The topological polar surface area (TPSA) is 85.6 Å². The highest BCUT2D eigenvalue weighted by molar-refractivity contribution is 5.85. The van der Waals surface area contributed by atoms with Gasteiger partial charge in [-0.15, -0.1) is 0 Å². The molecule has 0 aliphatic heterocycles. The molecule has 3 aromatic carbocycles. The molecule has 5 aromatic rings. The normalized spacial score (nSPS) is 20.2. The van der Waals surface area contributed by atoms with Gasteiger partial charge in [0.2, 0.25) is 5.91 Å². The van der Waals surface area contributed by atoms with E-state index in [4.69, 9.17) is 0 Å². The van der Waals surface area contributed by atoms with Crippen LogP contribution in [0.5, 0.6) is 0 Å². The summed E-state index contributed by atoms with van der Waals surface area (Å²) in [6.45, 7) is 2.61. The quantitative estimate of drug-likeness (QED) is 0.144. The summed E-state index contributed by atoms with van der Waals surface area (Å²) in [5.74, 6) is -0.0186. The molecule has 268 valence electrons. The van der Waals surface area contributed by atoms with Gasteiger partial charge in [0.25, 0.3) is 0 Å². The zero-order chi connectivity index (χ0) is 36.8. The summed E-state index contributed by atoms with van der Waals surface area (Å²) in [5, 5.41) is 13.7. The first-order valence-corrected chi connectivity index (χ1v) is 17.8. The molecular formula is C41H42F3N6O2+. The van der Waals surface area contributed by atoms with E-state index in [1.807, 2.05) is 6.07 Å². The molecule has 7 rings (SSSR count). The second-order valence-electron chi connectivity index (χ2n) is 15.1. The molecule has 1 atom stereocenters. The molecule has 11 heteroatoms. The lowest BCUT2D eigenvalue weighted by atomic mass is 9.80. The standard InChI is InChI=1S/C41H42F3N6O2/c1-28-38(36-20-23-46-49(36)33-15-12-29(26-45)13-16-33)48(39(52)47(28)34-11-7-10-31(24-34)41(42,43)44)37(51)17-14-32-25-40(32)21-18-35(19-22-40)50(2,3)27-30-8-5-4-6-9-30/h4-13,15-16,20,23-24,32,35H,14,17-19,21-22,25,27H2,1-3H3/q+1/t32-,35?,40?/m1/s1. The van der Waals surface area contributed by atoms with Crippen molar-refractivity contribution < 1.29 is 22.4 Å². The molecule has 0 N–H and O–H groups in total. The van der Waals surface area contributed by atoms with Crippen LogP contribution in [0.1, 0.15) is 72.1 Å². The van der Waals surface area contributed by atoms with E-state index >= 15 is 0 Å². The smallest absolute Gasteiger partial charge is 0.322 e. The summed E-state index contributed by atoms with van der Waals surface area (Å²) < 4.78 is 46.0. The first-order valence-electron chi connectivity index (χ1n) is 17.8. The first kappa shape index (κ1) is 35.2. The second-order valence-corrected chi connectivity index (χ2v) is 15.1. The van der Waals surface area contributed by atoms with Crippen LogP contribution >= 0.6 is 0 Å². The number of nitrogens with zero attached hydrogens (tertiary/aromatic N) is 6. The first-order chi connectivity index (χ1) is 24.8. The zero-order valence-corrected chi connectivity index (χ0v) is 29.6. The number of imidazole rings is 1. The molecule has 2 aliphatic rings. The van der Waals surface area contributed by atoms with Gasteiger partial charge in [0, 0.05) is 12.0 Å². The minimum Gasteiger partial charge on any atom is -0.322 e. The lowest BCUT2D eigenvalue weighted by molar-refractivity contribution is -0.929. The number of hydrogen-bond acceptors (Lipinski definition) is 4. The number of halogens is 3. The van der Waals surface area contributed by atoms with E-state index in [1.165, 1.54) is 28.5 Å². The van der Waals surface area contributed by atoms with Crippen molar-refractivity contribution in [2.75, 3.05) is 14.1 Å². The van der Waals surface area contributed by atoms with E-state index in [1.54, 1.807) is 41.9 Å². The van der Waals surface area contributed by atoms with Gasteiger partial charge in [-0.3, -0.25) is 9.36 Å². The van der Waals surface area contributed by atoms with E-state index in [-0.39, 0.29) is 23.2 Å². The fourth-order valence-electron chi connectivity index (χ4n) is 8.55. The number of benzene rings is 3. The third-order valence-electron chi connectivity index (χ3n) is 11.5. The maximum atomic E-state index is 14.2. The van der Waals surface area contributed by atoms with Crippen LogP contribution in [0, 0.1) is 29.6 Å². The molecule has 0 unspecified atom stereocenters. The van der Waals surface area contributed by atoms with Crippen molar-refractivity contribution >= 4 is 5.91 Å². The van der Waals surface area contributed by atoms with Crippen LogP contribution in [0.3, 0.4) is 0 Å². The molecule has 0 saturated heterocycles. The van der Waals surface area contributed by atoms with Crippen LogP contribution in [0.4, 0.5) is 13.2 Å². The number of quaternary nitrogens is 1. The van der Waals surface area contributed by atoms with E-state index in [2.05, 4.69) is 49.5 Å². The van der Waals surface area contributed by atoms with Crippen molar-refractivity contribution in [1.82, 2.24) is 18.9 Å². The lowest BCUT2D eigenvalue weighted by Crippen LogP contribution is -2.49. The average molecular weight is 708 g/mol. The molecule has 2 aromatic heterocycles. The van der Waals surface area contributed by atoms with Crippen molar-refractivity contribution in [3.8, 4) is 28.8 Å². The Morgan fingerprint density at radius 3 is 2.37 bits per heavy atom. The Bertz CT molecular complexity index is 2200. The van der Waals surface area contributed by atoms with Crippen LogP contribution in [0.15, 0.2) is 95.9 Å². The summed E-state index contributed by atoms with van der Waals surface area (Å²) in [6, 6.07) is 26.2. The van der Waals surface area contributed by atoms with E-state index in [0.29, 0.717) is 41.0 Å². The Morgan fingerprint density at radius 2 is 1.69 bits per heavy atom. The molecule has 0 bridgehead atoms. The molecule has 0 amide bonds. The fourth-order valence-corrected chi connectivity index (χ4v) is 8.55. The SMILES string of the molecule is Cc1c(-c2ccnn2-c2ccc(C#N)cc2)n(C(=O)CC[C@@H]2CC23CCC([N+](C)(C)Cc2ccccc2)CC3)c(=O)n1-c1cccc(C(F)(F)F)c1. The maximum Gasteiger partial charge on any atom is 0.416 e. The minimum absolute atomic E-state index is 0.0149. The van der Waals surface area contributed by atoms with Gasteiger partial charge in [0.05, 0.1) is 72.0 Å². The van der Waals surface area contributed by atoms with Gasteiger partial charge in [0.15, 0.2) is 0 Å². The van der Waals surface area contributed by atoms with Crippen molar-refractivity contribution in [1.29, 1.82) is 5.26 Å². The largest absolute Gasteiger partial charge is 0.416 e. The molecule has 2 aliphatic carbocycles. The number of hydrogen-bond donors (Lipinski definition) is 0. The molecule has 2 saturated carbocycles. The highest BCUT2D eigenvalue weighted by Gasteiger charge is 2.55. The van der Waals surface area contributed by atoms with Crippen LogP contribution in [0.25, 0.3) is 22.8 Å². The third-order valence-corrected chi connectivity index (χ3v) is 11.5. The van der Waals surface area contributed by atoms with Gasteiger partial charge < -0.3 is 4.48 Å². The van der Waals surface area contributed by atoms with Gasteiger partial charge in [-0.2, -0.15) is 23.5 Å². The fraction of sp³-hybridized carbons (Fsp3) is 0.366. The molecule has 1 spiro atoms. The van der Waals surface area contributed by atoms with E-state index < -0.39 is 23.3 Å². The summed E-state index contributed by atoms with van der Waals surface area (Å²) in [4.78, 5) is 28.4. The van der Waals surface area contributed by atoms with Crippen LogP contribution < -0.4 is 5.69 Å². The summed E-state index contributed by atoms with van der Waals surface area (Å²) in [6.07, 6.45) is 3.27. The molecule has 52 heavy (non-hydrogen) atoms. The van der Waals surface area contributed by atoms with Crippen LogP contribution in [-0.4, -0.2) is 49.4 Å². The van der Waals surface area contributed by atoms with Gasteiger partial charge >= 0.3 is 11.9 Å². The zero-order valence-electron chi connectivity index (χ0n) is 29.6. The van der Waals surface area contributed by atoms with Crippen molar-refractivity contribution in [2.45, 2.75) is 70.6 Å². The number of carbonyl (C=O) groups excluding carboxylic acids is 1. The summed E-state index contributed by atoms with van der Waals surface area (Å²) >= 11 is 0. The van der Waals surface area contributed by atoms with E-state index in [9.17, 15) is 28.0 Å². The number of nitriles is 1. The molecule has 2 heterocycles. The highest BCUT2D eigenvalue weighted by atomic mass is 19.4. The van der Waals surface area contributed by atoms with Crippen molar-refractivity contribution in [2.24, 2.45) is 11.3 Å². The molecule has 0 radical (unpaired) electrons. The van der Waals surface area contributed by atoms with Gasteiger partial charge in [-0.1, -0.05) is 36.4 Å². The number of carbonyl (C=O) groups is 1. The molecular weight excluding hydrogens is 665 g/mol. The van der Waals surface area contributed by atoms with E-state index in [0.717, 1.165) is 59.8 Å². The monoisotopic (exact) mass is 707 g/mol. The Hall–Kier alpha value is -5.21. The predicted octanol–water partition coefficient (Wildman–Crippen LogP) is 8.34. The third kappa shape index (κ3) is 6.63. The maximum absolute atomic E-state index is 14.2. The molecule has 8 nitrogen and oxygen atoms in total. The lowest BCUT2D eigenvalue weighted by Gasteiger charge is -2.42. The predicted molar refractivity (Wildman–Crippen MR) is 192 cm³/mol. The highest BCUT2D eigenvalue weighted by Crippen LogP contribution is 2.63. The minimum atomic E-state index is -4.61. The Morgan fingerprint density at radius 1 is 0.981 bits per heavy atom. The Balaban J connectivity index is 1.15. The second kappa shape index (κ2) is 13.4. The number of alkyl halides is 3. The summed E-state index contributed by atoms with van der Waals surface area (Å²) in [7, 11) is 4.63. The van der Waals surface area contributed by atoms with Crippen LogP contribution in [0.2, 0.25) is 0 Å². The number of aromatic nitrogens is 4. The molecule has 2 fully saturated rings. The van der Waals surface area contributed by atoms with Crippen molar-refractivity contribution in [3.63, 3.8) is 0 Å². The average Bonchev–Trinajstić information content (AvgIpc) is 3.43. The van der Waals surface area contributed by atoms with Crippen LogP contribution in [-0.2, 0) is 12.7 Å². The number of rotatable bonds is 9. The van der Waals surface area contributed by atoms with Gasteiger partial charge in [0.1, 0.15) is 6.54 Å². The van der Waals surface area contributed by atoms with Gasteiger partial charge in [-0.05, 0) is 105 Å². The van der Waals surface area contributed by atoms with Crippen molar-refractivity contribution in [3.05, 3.63) is 124 Å². The Labute approximate surface area is 300 Å².